The quantitative estimate of drug-likeness (QED) is 0.105. The van der Waals surface area contributed by atoms with E-state index >= 15 is 0 Å². The number of hydrogen-bond acceptors (Lipinski definition) is 4. The van der Waals surface area contributed by atoms with E-state index in [1.165, 1.54) is 89.9 Å². The molecular formula is C29H56O4. The van der Waals surface area contributed by atoms with E-state index in [1.807, 2.05) is 13.8 Å². The van der Waals surface area contributed by atoms with Crippen molar-refractivity contribution in [3.8, 4) is 0 Å². The maximum atomic E-state index is 12.2. The summed E-state index contributed by atoms with van der Waals surface area (Å²) < 4.78 is 10.8. The van der Waals surface area contributed by atoms with Crippen molar-refractivity contribution < 1.29 is 19.1 Å². The van der Waals surface area contributed by atoms with Crippen molar-refractivity contribution in [1.29, 1.82) is 0 Å². The molecule has 0 aliphatic rings. The molecule has 0 spiro atoms. The van der Waals surface area contributed by atoms with Gasteiger partial charge in [0, 0.05) is 0 Å². The average molecular weight is 469 g/mol. The monoisotopic (exact) mass is 468 g/mol. The zero-order chi connectivity index (χ0) is 24.6. The number of hydrogen-bond donors (Lipinski definition) is 0. The summed E-state index contributed by atoms with van der Waals surface area (Å²) in [7, 11) is 0. The van der Waals surface area contributed by atoms with Gasteiger partial charge in [0.1, 0.15) is 0 Å². The largest absolute Gasteiger partial charge is 0.465 e. The Bertz CT molecular complexity index is 409. The molecule has 0 saturated heterocycles. The highest BCUT2D eigenvalue weighted by molar-refractivity contribution is 5.75. The average Bonchev–Trinajstić information content (AvgIpc) is 2.81. The van der Waals surface area contributed by atoms with Crippen LogP contribution in [0.4, 0.5) is 0 Å². The summed E-state index contributed by atoms with van der Waals surface area (Å²) in [5.74, 6) is -0.904. The van der Waals surface area contributed by atoms with Crippen molar-refractivity contribution in [2.45, 2.75) is 150 Å². The fourth-order valence-electron chi connectivity index (χ4n) is 4.18. The third kappa shape index (κ3) is 21.2. The molecule has 0 fully saturated rings. The molecule has 0 aliphatic carbocycles. The van der Waals surface area contributed by atoms with Crippen LogP contribution in [0.1, 0.15) is 150 Å². The van der Waals surface area contributed by atoms with Crippen molar-refractivity contribution in [1.82, 2.24) is 0 Å². The van der Waals surface area contributed by atoms with Crippen LogP contribution in [0, 0.1) is 11.8 Å². The molecule has 0 N–H and O–H groups in total. The summed E-state index contributed by atoms with van der Waals surface area (Å²) in [5, 5.41) is 0. The fraction of sp³-hybridized carbons (Fsp3) is 0.931. The normalized spacial score (nSPS) is 13.0. The molecule has 196 valence electrons. The van der Waals surface area contributed by atoms with E-state index in [0.29, 0.717) is 19.6 Å². The van der Waals surface area contributed by atoms with Crippen LogP contribution < -0.4 is 0 Å². The van der Waals surface area contributed by atoms with Crippen LogP contribution in [0.2, 0.25) is 0 Å². The van der Waals surface area contributed by atoms with Gasteiger partial charge < -0.3 is 9.47 Å². The van der Waals surface area contributed by atoms with E-state index < -0.39 is 0 Å². The lowest BCUT2D eigenvalue weighted by atomic mass is 9.97. The molecule has 0 amide bonds. The lowest BCUT2D eigenvalue weighted by molar-refractivity contribution is -0.152. The van der Waals surface area contributed by atoms with E-state index in [1.54, 1.807) is 0 Å². The van der Waals surface area contributed by atoms with Crippen LogP contribution in [-0.2, 0) is 19.1 Å². The summed E-state index contributed by atoms with van der Waals surface area (Å²) in [6.45, 7) is 9.18. The van der Waals surface area contributed by atoms with Gasteiger partial charge >= 0.3 is 11.9 Å². The summed E-state index contributed by atoms with van der Waals surface area (Å²) in [4.78, 5) is 24.4. The van der Waals surface area contributed by atoms with Gasteiger partial charge in [-0.25, -0.2) is 0 Å². The predicted octanol–water partition coefficient (Wildman–Crippen LogP) is 8.80. The van der Waals surface area contributed by atoms with Gasteiger partial charge in [-0.3, -0.25) is 9.59 Å². The predicted molar refractivity (Wildman–Crippen MR) is 139 cm³/mol. The number of unbranched alkanes of at least 4 members (excludes halogenated alkanes) is 16. The standard InChI is InChI=1S/C29H56O4/c1-5-7-9-11-13-15-17-19-21-23-32-28(30)26(3)25-27(4)29(31)33-24-22-20-18-16-14-12-10-8-6-2/h26-27H,5-25H2,1-4H3. The molecule has 0 rings (SSSR count). The van der Waals surface area contributed by atoms with Crippen molar-refractivity contribution in [3.05, 3.63) is 0 Å². The Hall–Kier alpha value is -1.06. The highest BCUT2D eigenvalue weighted by Crippen LogP contribution is 2.16. The number of ether oxygens (including phenoxy) is 2. The fourth-order valence-corrected chi connectivity index (χ4v) is 4.18. The Morgan fingerprint density at radius 3 is 1.06 bits per heavy atom. The third-order valence-corrected chi connectivity index (χ3v) is 6.50. The second kappa shape index (κ2) is 24.1. The lowest BCUT2D eigenvalue weighted by Crippen LogP contribution is -2.23. The van der Waals surface area contributed by atoms with Crippen LogP contribution in [0.25, 0.3) is 0 Å². The minimum Gasteiger partial charge on any atom is -0.465 e. The van der Waals surface area contributed by atoms with E-state index in [2.05, 4.69) is 13.8 Å². The molecule has 4 nitrogen and oxygen atoms in total. The van der Waals surface area contributed by atoms with Gasteiger partial charge in [0.15, 0.2) is 0 Å². The molecule has 0 aromatic rings. The maximum Gasteiger partial charge on any atom is 0.308 e. The summed E-state index contributed by atoms with van der Waals surface area (Å²) >= 11 is 0. The number of carbonyl (C=O) groups is 2. The molecule has 0 aromatic heterocycles. The summed E-state index contributed by atoms with van der Waals surface area (Å²) in [6.07, 6.45) is 23.0. The molecule has 2 unspecified atom stereocenters. The molecule has 2 atom stereocenters. The van der Waals surface area contributed by atoms with E-state index in [-0.39, 0.29) is 23.8 Å². The van der Waals surface area contributed by atoms with Crippen LogP contribution in [0.15, 0.2) is 0 Å². The topological polar surface area (TPSA) is 52.6 Å². The zero-order valence-corrected chi connectivity index (χ0v) is 22.6. The first-order valence-corrected chi connectivity index (χ1v) is 14.4. The first-order chi connectivity index (χ1) is 16.0. The van der Waals surface area contributed by atoms with Gasteiger partial charge in [-0.2, -0.15) is 0 Å². The Kier molecular flexibility index (Phi) is 23.3. The first-order valence-electron chi connectivity index (χ1n) is 14.4. The smallest absolute Gasteiger partial charge is 0.308 e. The minimum absolute atomic E-state index is 0.187. The number of esters is 2. The highest BCUT2D eigenvalue weighted by Gasteiger charge is 2.23. The van der Waals surface area contributed by atoms with E-state index in [9.17, 15) is 9.59 Å². The molecule has 0 heterocycles. The Balaban J connectivity index is 3.63. The summed E-state index contributed by atoms with van der Waals surface area (Å²) in [5.41, 5.74) is 0. The maximum absolute atomic E-state index is 12.2. The zero-order valence-electron chi connectivity index (χ0n) is 22.6. The molecule has 33 heavy (non-hydrogen) atoms. The Morgan fingerprint density at radius 2 is 0.758 bits per heavy atom. The first kappa shape index (κ1) is 31.9. The second-order valence-corrected chi connectivity index (χ2v) is 10.0. The molecular weight excluding hydrogens is 412 g/mol. The van der Waals surface area contributed by atoms with Crippen molar-refractivity contribution in [2.24, 2.45) is 11.8 Å². The van der Waals surface area contributed by atoms with Gasteiger partial charge in [-0.1, -0.05) is 130 Å². The second-order valence-electron chi connectivity index (χ2n) is 10.0. The number of rotatable bonds is 24. The van der Waals surface area contributed by atoms with Crippen LogP contribution in [0.5, 0.6) is 0 Å². The van der Waals surface area contributed by atoms with Crippen LogP contribution in [0.3, 0.4) is 0 Å². The van der Waals surface area contributed by atoms with Gasteiger partial charge in [0.05, 0.1) is 25.0 Å². The van der Waals surface area contributed by atoms with E-state index in [4.69, 9.17) is 9.47 Å². The minimum atomic E-state index is -0.265. The van der Waals surface area contributed by atoms with Crippen molar-refractivity contribution in [3.63, 3.8) is 0 Å². The molecule has 4 heteroatoms. The van der Waals surface area contributed by atoms with Crippen molar-refractivity contribution >= 4 is 11.9 Å². The van der Waals surface area contributed by atoms with Gasteiger partial charge in [-0.05, 0) is 19.3 Å². The molecule has 0 aromatic carbocycles. The van der Waals surface area contributed by atoms with Gasteiger partial charge in [-0.15, -0.1) is 0 Å². The molecule has 0 saturated carbocycles. The lowest BCUT2D eigenvalue weighted by Gasteiger charge is -2.16. The van der Waals surface area contributed by atoms with Gasteiger partial charge in [0.25, 0.3) is 0 Å². The Morgan fingerprint density at radius 1 is 0.485 bits per heavy atom. The molecule has 0 radical (unpaired) electrons. The molecule has 0 aliphatic heterocycles. The third-order valence-electron chi connectivity index (χ3n) is 6.50. The molecule has 0 bridgehead atoms. The Labute approximate surface area is 206 Å². The number of carbonyl (C=O) groups excluding carboxylic acids is 2. The van der Waals surface area contributed by atoms with Crippen molar-refractivity contribution in [2.75, 3.05) is 13.2 Å². The SMILES string of the molecule is CCCCCCCCCCCOC(=O)C(C)CC(C)C(=O)OCCCCCCCCCCC. The highest BCUT2D eigenvalue weighted by atomic mass is 16.5. The van der Waals surface area contributed by atoms with Crippen LogP contribution in [-0.4, -0.2) is 25.2 Å². The van der Waals surface area contributed by atoms with Crippen LogP contribution >= 0.6 is 0 Å². The van der Waals surface area contributed by atoms with E-state index in [0.717, 1.165) is 25.7 Å². The van der Waals surface area contributed by atoms with Gasteiger partial charge in [0.2, 0.25) is 0 Å². The summed E-state index contributed by atoms with van der Waals surface area (Å²) in [6, 6.07) is 0.